The van der Waals surface area contributed by atoms with Crippen molar-refractivity contribution in [1.29, 1.82) is 0 Å². The summed E-state index contributed by atoms with van der Waals surface area (Å²) in [5.41, 5.74) is 11.0. The maximum atomic E-state index is 13.1. The summed E-state index contributed by atoms with van der Waals surface area (Å²) < 4.78 is 6.38. The van der Waals surface area contributed by atoms with Crippen LogP contribution in [0.25, 0.3) is 0 Å². The predicted octanol–water partition coefficient (Wildman–Crippen LogP) is -1.24. The van der Waals surface area contributed by atoms with E-state index in [1.807, 2.05) is 12.1 Å². The van der Waals surface area contributed by atoms with Gasteiger partial charge in [0.2, 0.25) is 11.8 Å². The van der Waals surface area contributed by atoms with Crippen molar-refractivity contribution in [2.24, 2.45) is 11.5 Å². The Balaban J connectivity index is 1.50. The van der Waals surface area contributed by atoms with Crippen molar-refractivity contribution in [3.63, 3.8) is 0 Å². The maximum absolute atomic E-state index is 13.1. The number of nitrogens with two attached hydrogens (primary N) is 2. The SMILES string of the molecule is COc1ccc(C[C@H]2NC(=O)[C@@H]3C[C@@H](n4nnc(C(N)=O)c4C(N)=O)CCN3C2=O)cc1. The van der Waals surface area contributed by atoms with Crippen molar-refractivity contribution in [1.82, 2.24) is 25.2 Å². The van der Waals surface area contributed by atoms with E-state index in [0.717, 1.165) is 5.56 Å². The highest BCUT2D eigenvalue weighted by atomic mass is 16.5. The Morgan fingerprint density at radius 1 is 1.19 bits per heavy atom. The number of benzene rings is 1. The van der Waals surface area contributed by atoms with Gasteiger partial charge in [-0.1, -0.05) is 17.3 Å². The third kappa shape index (κ3) is 3.74. The number of piperidine rings is 1. The first-order valence-electron chi connectivity index (χ1n) is 10.1. The van der Waals surface area contributed by atoms with Gasteiger partial charge in [-0.25, -0.2) is 4.68 Å². The molecule has 168 valence electrons. The van der Waals surface area contributed by atoms with E-state index < -0.39 is 29.9 Å². The molecule has 12 heteroatoms. The standard InChI is InChI=1S/C20H23N7O5/c1-32-12-4-2-10(3-5-12)8-13-20(31)26-7-6-11(9-14(26)19(30)23-13)27-16(18(22)29)15(17(21)28)24-25-27/h2-5,11,13-14H,6-9H2,1H3,(H2,21,28)(H2,22,29)(H,23,30)/t11-,13+,14-/m0/s1. The quantitative estimate of drug-likeness (QED) is 0.502. The second-order valence-electron chi connectivity index (χ2n) is 7.80. The van der Waals surface area contributed by atoms with Crippen LogP contribution in [0.5, 0.6) is 5.75 Å². The van der Waals surface area contributed by atoms with Crippen LogP contribution in [0.3, 0.4) is 0 Å². The largest absolute Gasteiger partial charge is 0.497 e. The van der Waals surface area contributed by atoms with Crippen LogP contribution in [0, 0.1) is 0 Å². The first kappa shape index (κ1) is 21.3. The van der Waals surface area contributed by atoms with E-state index in [-0.39, 0.29) is 36.2 Å². The van der Waals surface area contributed by atoms with E-state index in [4.69, 9.17) is 16.2 Å². The molecule has 2 saturated heterocycles. The minimum absolute atomic E-state index is 0.171. The number of primary amides is 2. The number of carbonyl (C=O) groups is 4. The zero-order chi connectivity index (χ0) is 23.0. The van der Waals surface area contributed by atoms with E-state index in [1.165, 1.54) is 4.68 Å². The molecule has 12 nitrogen and oxygen atoms in total. The molecule has 2 aromatic rings. The Labute approximate surface area is 182 Å². The fourth-order valence-electron chi connectivity index (χ4n) is 4.29. The summed E-state index contributed by atoms with van der Waals surface area (Å²) >= 11 is 0. The first-order chi connectivity index (χ1) is 15.3. The number of nitrogens with zero attached hydrogens (tertiary/aromatic N) is 4. The van der Waals surface area contributed by atoms with Gasteiger partial charge in [-0.3, -0.25) is 19.2 Å². The molecule has 0 radical (unpaired) electrons. The van der Waals surface area contributed by atoms with Gasteiger partial charge in [0.25, 0.3) is 11.8 Å². The molecule has 0 spiro atoms. The summed E-state index contributed by atoms with van der Waals surface area (Å²) in [6, 6.07) is 5.46. The number of fused-ring (bicyclic) bond motifs is 1. The van der Waals surface area contributed by atoms with E-state index in [0.29, 0.717) is 18.6 Å². The molecule has 2 aliphatic heterocycles. The molecule has 1 aromatic carbocycles. The second kappa shape index (κ2) is 8.29. The number of amides is 4. The Hall–Kier alpha value is -3.96. The van der Waals surface area contributed by atoms with E-state index in [1.54, 1.807) is 24.1 Å². The highest BCUT2D eigenvalue weighted by Crippen LogP contribution is 2.31. The van der Waals surface area contributed by atoms with Crippen molar-refractivity contribution < 1.29 is 23.9 Å². The lowest BCUT2D eigenvalue weighted by atomic mass is 9.91. The molecule has 0 saturated carbocycles. The lowest BCUT2D eigenvalue weighted by Crippen LogP contribution is -2.65. The number of rotatable bonds is 6. The van der Waals surface area contributed by atoms with E-state index >= 15 is 0 Å². The van der Waals surface area contributed by atoms with Gasteiger partial charge in [-0.2, -0.15) is 0 Å². The van der Waals surface area contributed by atoms with Gasteiger partial charge in [0.15, 0.2) is 11.4 Å². The fourth-order valence-corrected chi connectivity index (χ4v) is 4.29. The lowest BCUT2D eigenvalue weighted by Gasteiger charge is -2.44. The number of hydrogen-bond donors (Lipinski definition) is 3. The first-order valence-corrected chi connectivity index (χ1v) is 10.1. The second-order valence-corrected chi connectivity index (χ2v) is 7.80. The zero-order valence-electron chi connectivity index (χ0n) is 17.4. The lowest BCUT2D eigenvalue weighted by molar-refractivity contribution is -0.152. The third-order valence-corrected chi connectivity index (χ3v) is 5.88. The van der Waals surface area contributed by atoms with Crippen LogP contribution in [0.4, 0.5) is 0 Å². The van der Waals surface area contributed by atoms with E-state index in [9.17, 15) is 19.2 Å². The summed E-state index contributed by atoms with van der Waals surface area (Å²) in [5.74, 6) is -1.57. The molecule has 0 bridgehead atoms. The molecular weight excluding hydrogens is 418 g/mol. The number of methoxy groups -OCH3 is 1. The molecule has 1 aromatic heterocycles. The zero-order valence-corrected chi connectivity index (χ0v) is 17.4. The predicted molar refractivity (Wildman–Crippen MR) is 109 cm³/mol. The van der Waals surface area contributed by atoms with Crippen LogP contribution < -0.4 is 21.5 Å². The molecule has 3 atom stereocenters. The monoisotopic (exact) mass is 441 g/mol. The minimum atomic E-state index is -0.922. The highest BCUT2D eigenvalue weighted by Gasteiger charge is 2.45. The topological polar surface area (TPSA) is 176 Å². The van der Waals surface area contributed by atoms with Crippen molar-refractivity contribution in [3.05, 3.63) is 41.2 Å². The van der Waals surface area contributed by atoms with E-state index in [2.05, 4.69) is 15.6 Å². The fraction of sp³-hybridized carbons (Fsp3) is 0.400. The molecule has 4 rings (SSSR count). The molecule has 2 aliphatic rings. The van der Waals surface area contributed by atoms with Gasteiger partial charge in [-0.15, -0.1) is 5.10 Å². The summed E-state index contributed by atoms with van der Waals surface area (Å²) in [5, 5.41) is 10.3. The number of piperazine rings is 1. The summed E-state index contributed by atoms with van der Waals surface area (Å²) in [6.45, 7) is 0.282. The molecule has 5 N–H and O–H groups in total. The van der Waals surface area contributed by atoms with Gasteiger partial charge in [0.05, 0.1) is 13.2 Å². The molecule has 0 unspecified atom stereocenters. The molecule has 4 amide bonds. The Kier molecular flexibility index (Phi) is 5.51. The van der Waals surface area contributed by atoms with Gasteiger partial charge in [-0.05, 0) is 30.5 Å². The van der Waals surface area contributed by atoms with Crippen LogP contribution in [-0.2, 0) is 16.0 Å². The number of hydrogen-bond acceptors (Lipinski definition) is 7. The van der Waals surface area contributed by atoms with Crippen molar-refractivity contribution in [2.75, 3.05) is 13.7 Å². The molecule has 0 aliphatic carbocycles. The van der Waals surface area contributed by atoms with Crippen LogP contribution >= 0.6 is 0 Å². The van der Waals surface area contributed by atoms with Crippen LogP contribution in [0.1, 0.15) is 45.4 Å². The number of aromatic nitrogens is 3. The smallest absolute Gasteiger partial charge is 0.271 e. The number of nitrogens with one attached hydrogen (secondary N) is 1. The summed E-state index contributed by atoms with van der Waals surface area (Å²) in [6.07, 6.45) is 0.972. The van der Waals surface area contributed by atoms with Crippen molar-refractivity contribution in [3.8, 4) is 5.75 Å². The maximum Gasteiger partial charge on any atom is 0.271 e. The summed E-state index contributed by atoms with van der Waals surface area (Å²) in [7, 11) is 1.57. The number of carbonyl (C=O) groups excluding carboxylic acids is 4. The average Bonchev–Trinajstić information content (AvgIpc) is 3.23. The molecule has 2 fully saturated rings. The average molecular weight is 441 g/mol. The van der Waals surface area contributed by atoms with Crippen molar-refractivity contribution >= 4 is 23.6 Å². The normalized spacial score (nSPS) is 22.8. The Morgan fingerprint density at radius 3 is 2.53 bits per heavy atom. The highest BCUT2D eigenvalue weighted by molar-refractivity contribution is 6.03. The van der Waals surface area contributed by atoms with Crippen LogP contribution in [-0.4, -0.2) is 69.3 Å². The molecule has 3 heterocycles. The third-order valence-electron chi connectivity index (χ3n) is 5.88. The van der Waals surface area contributed by atoms with Gasteiger partial charge < -0.3 is 26.4 Å². The van der Waals surface area contributed by atoms with Gasteiger partial charge in [0, 0.05) is 13.0 Å². The van der Waals surface area contributed by atoms with Gasteiger partial charge >= 0.3 is 0 Å². The minimum Gasteiger partial charge on any atom is -0.497 e. The van der Waals surface area contributed by atoms with Crippen LogP contribution in [0.2, 0.25) is 0 Å². The Bertz CT molecular complexity index is 1080. The van der Waals surface area contributed by atoms with Crippen molar-refractivity contribution in [2.45, 2.75) is 37.4 Å². The Morgan fingerprint density at radius 2 is 1.91 bits per heavy atom. The molecule has 32 heavy (non-hydrogen) atoms. The van der Waals surface area contributed by atoms with Crippen LogP contribution in [0.15, 0.2) is 24.3 Å². The number of ether oxygens (including phenoxy) is 1. The molecular formula is C20H23N7O5. The summed E-state index contributed by atoms with van der Waals surface area (Å²) in [4.78, 5) is 50.9. The van der Waals surface area contributed by atoms with Gasteiger partial charge in [0.1, 0.15) is 17.8 Å².